The zero-order valence-corrected chi connectivity index (χ0v) is 17.6. The van der Waals surface area contributed by atoms with Crippen LogP contribution in [0, 0.1) is 0 Å². The number of anilines is 1. The molecule has 0 bridgehead atoms. The number of nitrogens with one attached hydrogen (secondary N) is 1. The normalized spacial score (nSPS) is 12.3. The van der Waals surface area contributed by atoms with Crippen LogP contribution < -0.4 is 10.1 Å². The average Bonchev–Trinajstić information content (AvgIpc) is 3.20. The first-order chi connectivity index (χ1) is 14.2. The molecule has 4 rings (SSSR count). The van der Waals surface area contributed by atoms with Gasteiger partial charge in [-0.2, -0.15) is 0 Å². The van der Waals surface area contributed by atoms with E-state index in [4.69, 9.17) is 4.74 Å². The number of fused-ring (bicyclic) bond motifs is 1. The predicted octanol–water partition coefficient (Wildman–Crippen LogP) is 5.08. The molecule has 0 saturated heterocycles. The Morgan fingerprint density at radius 1 is 1.03 bits per heavy atom. The molecule has 0 fully saturated rings. The Balaban J connectivity index is 1.58. The van der Waals surface area contributed by atoms with E-state index in [1.807, 2.05) is 18.2 Å². The van der Waals surface area contributed by atoms with Crippen LogP contribution in [0.2, 0.25) is 0 Å². The molecule has 0 aliphatic heterocycles. The molecule has 2 aromatic carbocycles. The molecular formula is C23H24N4OS. The second kappa shape index (κ2) is 8.59. The number of hydrogen-bond donors (Lipinski definition) is 1. The molecule has 0 aliphatic carbocycles. The van der Waals surface area contributed by atoms with Gasteiger partial charge in [0.15, 0.2) is 0 Å². The van der Waals surface area contributed by atoms with Crippen LogP contribution in [0.5, 0.6) is 5.75 Å². The molecule has 29 heavy (non-hydrogen) atoms. The first kappa shape index (κ1) is 19.4. The molecule has 5 nitrogen and oxygen atoms in total. The number of thiophene rings is 1. The summed E-state index contributed by atoms with van der Waals surface area (Å²) in [5.41, 5.74) is 2.43. The van der Waals surface area contributed by atoms with Crippen molar-refractivity contribution in [2.24, 2.45) is 0 Å². The van der Waals surface area contributed by atoms with E-state index in [0.29, 0.717) is 0 Å². The van der Waals surface area contributed by atoms with Crippen molar-refractivity contribution in [2.45, 2.75) is 6.04 Å². The monoisotopic (exact) mass is 404 g/mol. The zero-order chi connectivity index (χ0) is 20.2. The second-order valence-electron chi connectivity index (χ2n) is 7.05. The topological polar surface area (TPSA) is 50.3 Å². The molecule has 2 heterocycles. The average molecular weight is 405 g/mol. The number of aromatic nitrogens is 2. The minimum Gasteiger partial charge on any atom is -0.497 e. The predicted molar refractivity (Wildman–Crippen MR) is 121 cm³/mol. The summed E-state index contributed by atoms with van der Waals surface area (Å²) in [4.78, 5) is 13.4. The van der Waals surface area contributed by atoms with Gasteiger partial charge < -0.3 is 15.0 Å². The lowest BCUT2D eigenvalue weighted by atomic mass is 10.1. The highest BCUT2D eigenvalue weighted by molar-refractivity contribution is 7.21. The van der Waals surface area contributed by atoms with E-state index in [1.165, 1.54) is 16.0 Å². The van der Waals surface area contributed by atoms with Gasteiger partial charge in [0.1, 0.15) is 22.7 Å². The summed E-state index contributed by atoms with van der Waals surface area (Å²) in [7, 11) is 5.86. The molecule has 2 aromatic heterocycles. The van der Waals surface area contributed by atoms with Gasteiger partial charge in [0.2, 0.25) is 0 Å². The quantitative estimate of drug-likeness (QED) is 0.465. The lowest BCUT2D eigenvalue weighted by Gasteiger charge is -2.25. The van der Waals surface area contributed by atoms with Gasteiger partial charge in [0.05, 0.1) is 18.5 Å². The minimum atomic E-state index is 0.207. The molecule has 1 atom stereocenters. The Morgan fingerprint density at radius 3 is 2.48 bits per heavy atom. The highest BCUT2D eigenvalue weighted by Gasteiger charge is 2.16. The van der Waals surface area contributed by atoms with Crippen LogP contribution in [0.1, 0.15) is 11.6 Å². The highest BCUT2D eigenvalue weighted by Crippen LogP contribution is 2.35. The summed E-state index contributed by atoms with van der Waals surface area (Å²) < 4.78 is 5.28. The van der Waals surface area contributed by atoms with Crippen molar-refractivity contribution in [2.75, 3.05) is 33.1 Å². The largest absolute Gasteiger partial charge is 0.497 e. The number of likely N-dealkylation sites (N-methyl/N-ethyl adjacent to an activating group) is 1. The molecule has 4 aromatic rings. The maximum absolute atomic E-state index is 5.28. The smallest absolute Gasteiger partial charge is 0.138 e. The van der Waals surface area contributed by atoms with Gasteiger partial charge in [-0.15, -0.1) is 11.3 Å². The fourth-order valence-electron chi connectivity index (χ4n) is 3.36. The Morgan fingerprint density at radius 2 is 1.79 bits per heavy atom. The number of ether oxygens (including phenoxy) is 1. The van der Waals surface area contributed by atoms with Gasteiger partial charge in [0, 0.05) is 11.4 Å². The van der Waals surface area contributed by atoms with E-state index < -0.39 is 0 Å². The zero-order valence-electron chi connectivity index (χ0n) is 16.8. The van der Waals surface area contributed by atoms with Crippen molar-refractivity contribution in [3.63, 3.8) is 0 Å². The summed E-state index contributed by atoms with van der Waals surface area (Å²) in [6.45, 7) is 0.738. The number of rotatable bonds is 7. The van der Waals surface area contributed by atoms with Crippen molar-refractivity contribution in [1.82, 2.24) is 14.9 Å². The van der Waals surface area contributed by atoms with Crippen LogP contribution in [-0.4, -0.2) is 42.6 Å². The molecule has 0 unspecified atom stereocenters. The van der Waals surface area contributed by atoms with Crippen LogP contribution in [0.15, 0.2) is 67.0 Å². The van der Waals surface area contributed by atoms with Gasteiger partial charge in [-0.1, -0.05) is 42.5 Å². The lowest BCUT2D eigenvalue weighted by Crippen LogP contribution is -2.27. The first-order valence-corrected chi connectivity index (χ1v) is 10.3. The van der Waals surface area contributed by atoms with Crippen molar-refractivity contribution in [1.29, 1.82) is 0 Å². The minimum absolute atomic E-state index is 0.207. The number of nitrogens with zero attached hydrogens (tertiary/aromatic N) is 3. The Kier molecular flexibility index (Phi) is 5.74. The van der Waals surface area contributed by atoms with Crippen molar-refractivity contribution in [3.05, 3.63) is 72.6 Å². The fraction of sp³-hybridized carbons (Fsp3) is 0.217. The van der Waals surface area contributed by atoms with Crippen LogP contribution in [0.25, 0.3) is 20.7 Å². The van der Waals surface area contributed by atoms with Crippen LogP contribution >= 0.6 is 11.3 Å². The van der Waals surface area contributed by atoms with E-state index in [-0.39, 0.29) is 6.04 Å². The maximum Gasteiger partial charge on any atom is 0.138 e. The highest BCUT2D eigenvalue weighted by atomic mass is 32.1. The fourth-order valence-corrected chi connectivity index (χ4v) is 4.36. The summed E-state index contributed by atoms with van der Waals surface area (Å²) in [6, 6.07) is 21.0. The van der Waals surface area contributed by atoms with E-state index in [2.05, 4.69) is 76.7 Å². The van der Waals surface area contributed by atoms with E-state index in [0.717, 1.165) is 28.3 Å². The Bertz CT molecular complexity index is 1080. The maximum atomic E-state index is 5.28. The molecule has 1 N–H and O–H groups in total. The van der Waals surface area contributed by atoms with Crippen molar-refractivity contribution < 1.29 is 4.74 Å². The van der Waals surface area contributed by atoms with Crippen LogP contribution in [0.4, 0.5) is 5.82 Å². The number of hydrogen-bond acceptors (Lipinski definition) is 6. The van der Waals surface area contributed by atoms with Gasteiger partial charge in [-0.25, -0.2) is 9.97 Å². The Hall–Kier alpha value is -2.96. The van der Waals surface area contributed by atoms with Crippen LogP contribution in [0.3, 0.4) is 0 Å². The molecule has 0 aliphatic rings. The third kappa shape index (κ3) is 4.23. The van der Waals surface area contributed by atoms with Gasteiger partial charge in [0.25, 0.3) is 0 Å². The molecule has 0 amide bonds. The second-order valence-corrected chi connectivity index (χ2v) is 8.08. The van der Waals surface area contributed by atoms with E-state index >= 15 is 0 Å². The molecule has 0 spiro atoms. The SMILES string of the molecule is COc1ccc([C@H](CNc2ncnc3sc(-c4ccccc4)cc23)N(C)C)cc1. The lowest BCUT2D eigenvalue weighted by molar-refractivity contribution is 0.311. The number of benzene rings is 2. The molecule has 6 heteroatoms. The molecule has 0 saturated carbocycles. The Labute approximate surface area is 175 Å². The summed E-state index contributed by atoms with van der Waals surface area (Å²) >= 11 is 1.69. The summed E-state index contributed by atoms with van der Waals surface area (Å²) in [6.07, 6.45) is 1.63. The number of methoxy groups -OCH3 is 1. The molecule has 0 radical (unpaired) electrons. The van der Waals surface area contributed by atoms with Gasteiger partial charge in [-0.3, -0.25) is 0 Å². The third-order valence-corrected chi connectivity index (χ3v) is 6.07. The van der Waals surface area contributed by atoms with Crippen LogP contribution in [-0.2, 0) is 0 Å². The molecule has 148 valence electrons. The standard InChI is InChI=1S/C23H24N4OS/c1-27(2)20(16-9-11-18(28-3)12-10-16)14-24-22-19-13-21(17-7-5-4-6-8-17)29-23(19)26-15-25-22/h4-13,15,20H,14H2,1-3H3,(H,24,25,26)/t20-/m0/s1. The first-order valence-electron chi connectivity index (χ1n) is 9.50. The van der Waals surface area contributed by atoms with Crippen molar-refractivity contribution in [3.8, 4) is 16.2 Å². The molecular weight excluding hydrogens is 380 g/mol. The summed E-state index contributed by atoms with van der Waals surface area (Å²) in [5, 5.41) is 4.60. The van der Waals surface area contributed by atoms with E-state index in [1.54, 1.807) is 24.8 Å². The van der Waals surface area contributed by atoms with Gasteiger partial charge >= 0.3 is 0 Å². The van der Waals surface area contributed by atoms with Crippen molar-refractivity contribution >= 4 is 27.4 Å². The third-order valence-electron chi connectivity index (χ3n) is 4.97. The summed E-state index contributed by atoms with van der Waals surface area (Å²) in [5.74, 6) is 1.73. The van der Waals surface area contributed by atoms with Gasteiger partial charge in [-0.05, 0) is 43.4 Å². The van der Waals surface area contributed by atoms with E-state index in [9.17, 15) is 0 Å².